The van der Waals surface area contributed by atoms with Gasteiger partial charge in [0, 0.05) is 13.1 Å². The van der Waals surface area contributed by atoms with E-state index in [4.69, 9.17) is 0 Å². The zero-order valence-corrected chi connectivity index (χ0v) is 14.1. The van der Waals surface area contributed by atoms with Crippen LogP contribution in [-0.4, -0.2) is 32.1 Å². The fraction of sp³-hybridized carbons (Fsp3) is 0.182. The van der Waals surface area contributed by atoms with Gasteiger partial charge in [-0.05, 0) is 11.6 Å². The molecule has 0 aliphatic rings. The van der Waals surface area contributed by atoms with Crippen LogP contribution in [0.1, 0.15) is 5.56 Å². The molecule has 1 rings (SSSR count). The first-order valence-corrected chi connectivity index (χ1v) is 5.14. The van der Waals surface area contributed by atoms with Crippen molar-refractivity contribution in [1.82, 2.24) is 5.06 Å². The molecule has 0 aliphatic carbocycles. The van der Waals surface area contributed by atoms with Crippen LogP contribution in [0.25, 0.3) is 6.08 Å². The SMILES string of the molecule is CON(C)C(=O)/C=C/c1ccc([B-](F)(F)F)cc1.[K+]. The summed E-state index contributed by atoms with van der Waals surface area (Å²) in [6.07, 6.45) is 2.64. The van der Waals surface area contributed by atoms with E-state index in [2.05, 4.69) is 4.84 Å². The predicted octanol–water partition coefficient (Wildman–Crippen LogP) is -1.22. The first kappa shape index (κ1) is 18.9. The van der Waals surface area contributed by atoms with Gasteiger partial charge in [0.15, 0.2) is 0 Å². The number of hydroxylamine groups is 2. The van der Waals surface area contributed by atoms with Crippen LogP contribution >= 0.6 is 0 Å². The Balaban J connectivity index is 0.00000324. The van der Waals surface area contributed by atoms with Gasteiger partial charge < -0.3 is 12.9 Å². The summed E-state index contributed by atoms with van der Waals surface area (Å²) in [6, 6.07) is 4.59. The monoisotopic (exact) mass is 297 g/mol. The molecule has 0 spiro atoms. The zero-order valence-electron chi connectivity index (χ0n) is 10.9. The summed E-state index contributed by atoms with van der Waals surface area (Å²) in [4.78, 5) is 16.0. The van der Waals surface area contributed by atoms with E-state index in [-0.39, 0.29) is 51.4 Å². The Bertz CT molecular complexity index is 448. The van der Waals surface area contributed by atoms with Gasteiger partial charge in [-0.25, -0.2) is 5.06 Å². The van der Waals surface area contributed by atoms with Crippen LogP contribution in [0.4, 0.5) is 12.9 Å². The van der Waals surface area contributed by atoms with Gasteiger partial charge in [0.05, 0.1) is 7.11 Å². The van der Waals surface area contributed by atoms with Crippen molar-refractivity contribution in [1.29, 1.82) is 0 Å². The number of hydrogen-bond acceptors (Lipinski definition) is 2. The molecule has 0 fully saturated rings. The summed E-state index contributed by atoms with van der Waals surface area (Å²) in [5.74, 6) is -0.401. The Morgan fingerprint density at radius 2 is 1.79 bits per heavy atom. The van der Waals surface area contributed by atoms with Crippen LogP contribution in [0.2, 0.25) is 0 Å². The smallest absolute Gasteiger partial charge is 0.445 e. The van der Waals surface area contributed by atoms with E-state index in [0.717, 1.165) is 17.2 Å². The molecule has 0 N–H and O–H groups in total. The minimum absolute atomic E-state index is 0. The second-order valence-electron chi connectivity index (χ2n) is 3.59. The Morgan fingerprint density at radius 1 is 1.26 bits per heavy atom. The molecule has 0 unspecified atom stereocenters. The van der Waals surface area contributed by atoms with Gasteiger partial charge in [-0.3, -0.25) is 9.63 Å². The number of likely N-dealkylation sites (N-methyl/N-ethyl adjacent to an activating group) is 1. The van der Waals surface area contributed by atoms with Crippen molar-refractivity contribution in [2.24, 2.45) is 0 Å². The number of carbonyl (C=O) groups is 1. The Morgan fingerprint density at radius 3 is 2.21 bits per heavy atom. The van der Waals surface area contributed by atoms with Crippen molar-refractivity contribution in [3.8, 4) is 0 Å². The molecule has 8 heteroatoms. The van der Waals surface area contributed by atoms with Gasteiger partial charge in [0.2, 0.25) is 0 Å². The first-order valence-electron chi connectivity index (χ1n) is 5.14. The van der Waals surface area contributed by atoms with E-state index in [1.807, 2.05) is 0 Å². The summed E-state index contributed by atoms with van der Waals surface area (Å²) >= 11 is 0. The molecule has 0 aromatic heterocycles. The largest absolute Gasteiger partial charge is 1.00 e. The summed E-state index contributed by atoms with van der Waals surface area (Å²) in [6.45, 7) is -4.98. The molecule has 1 aromatic rings. The molecule has 0 radical (unpaired) electrons. The van der Waals surface area contributed by atoms with E-state index in [1.165, 1.54) is 38.4 Å². The van der Waals surface area contributed by atoms with Crippen molar-refractivity contribution in [3.63, 3.8) is 0 Å². The van der Waals surface area contributed by atoms with Gasteiger partial charge in [-0.15, -0.1) is 5.46 Å². The van der Waals surface area contributed by atoms with Gasteiger partial charge in [0.25, 0.3) is 5.91 Å². The van der Waals surface area contributed by atoms with Crippen LogP contribution in [0.5, 0.6) is 0 Å². The second kappa shape index (κ2) is 8.23. The van der Waals surface area contributed by atoms with Gasteiger partial charge in [-0.1, -0.05) is 24.3 Å². The second-order valence-corrected chi connectivity index (χ2v) is 3.59. The molecular formula is C11H12BF3KNO2. The van der Waals surface area contributed by atoms with E-state index in [1.54, 1.807) is 0 Å². The molecule has 19 heavy (non-hydrogen) atoms. The first-order chi connectivity index (χ1) is 8.34. The van der Waals surface area contributed by atoms with Crippen molar-refractivity contribution in [3.05, 3.63) is 35.9 Å². The number of halogens is 3. The molecule has 0 saturated carbocycles. The maximum absolute atomic E-state index is 12.4. The maximum Gasteiger partial charge on any atom is 1.00 e. The molecular weight excluding hydrogens is 285 g/mol. The quantitative estimate of drug-likeness (QED) is 0.396. The number of benzene rings is 1. The molecule has 0 atom stereocenters. The summed E-state index contributed by atoms with van der Waals surface area (Å²) in [5, 5.41) is 1.00. The summed E-state index contributed by atoms with van der Waals surface area (Å²) < 4.78 is 37.1. The van der Waals surface area contributed by atoms with Crippen LogP contribution < -0.4 is 56.8 Å². The molecule has 98 valence electrons. The number of carbonyl (C=O) groups excluding carboxylic acids is 1. The molecule has 0 saturated heterocycles. The predicted molar refractivity (Wildman–Crippen MR) is 64.0 cm³/mol. The molecule has 0 aliphatic heterocycles. The van der Waals surface area contributed by atoms with E-state index in [0.29, 0.717) is 5.56 Å². The Labute approximate surface area is 152 Å². The molecule has 3 nitrogen and oxygen atoms in total. The average Bonchev–Trinajstić information content (AvgIpc) is 2.34. The van der Waals surface area contributed by atoms with Crippen molar-refractivity contribution >= 4 is 24.4 Å². The number of rotatable bonds is 4. The van der Waals surface area contributed by atoms with Crippen molar-refractivity contribution in [2.75, 3.05) is 14.2 Å². The average molecular weight is 297 g/mol. The van der Waals surface area contributed by atoms with Crippen LogP contribution in [0, 0.1) is 0 Å². The summed E-state index contributed by atoms with van der Waals surface area (Å²) in [5.41, 5.74) is -0.149. The fourth-order valence-electron chi connectivity index (χ4n) is 1.19. The van der Waals surface area contributed by atoms with E-state index >= 15 is 0 Å². The van der Waals surface area contributed by atoms with Gasteiger partial charge in [0.1, 0.15) is 0 Å². The van der Waals surface area contributed by atoms with Crippen LogP contribution in [0.15, 0.2) is 30.3 Å². The van der Waals surface area contributed by atoms with Gasteiger partial charge in [-0.2, -0.15) is 0 Å². The molecule has 0 bridgehead atoms. The molecule has 0 heterocycles. The zero-order chi connectivity index (χ0) is 13.8. The Kier molecular flexibility index (Phi) is 8.18. The topological polar surface area (TPSA) is 29.5 Å². The van der Waals surface area contributed by atoms with Crippen LogP contribution in [-0.2, 0) is 9.63 Å². The van der Waals surface area contributed by atoms with Crippen molar-refractivity contribution in [2.45, 2.75) is 0 Å². The molecule has 1 amide bonds. The number of nitrogens with zero attached hydrogens (tertiary/aromatic N) is 1. The number of amides is 1. The third kappa shape index (κ3) is 6.24. The van der Waals surface area contributed by atoms with E-state index in [9.17, 15) is 17.7 Å². The normalized spacial score (nSPS) is 11.2. The minimum atomic E-state index is -4.98. The third-order valence-corrected chi connectivity index (χ3v) is 2.32. The standard InChI is InChI=1S/C11H12BF3NO2.K/c1-16(18-2)11(17)8-5-9-3-6-10(7-4-9)12(13,14)15;/h3-8H,1-2H3;/q-1;+1/b8-5+;. The maximum atomic E-state index is 12.4. The number of hydrogen-bond donors (Lipinski definition) is 0. The Hall–Kier alpha value is -0.119. The van der Waals surface area contributed by atoms with Crippen LogP contribution in [0.3, 0.4) is 0 Å². The minimum Gasteiger partial charge on any atom is -0.445 e. The fourth-order valence-corrected chi connectivity index (χ4v) is 1.19. The van der Waals surface area contributed by atoms with Crippen molar-refractivity contribution < 1.29 is 74.0 Å². The van der Waals surface area contributed by atoms with E-state index < -0.39 is 18.3 Å². The molecule has 1 aromatic carbocycles. The summed E-state index contributed by atoms with van der Waals surface area (Å²) in [7, 11) is 2.77. The third-order valence-electron chi connectivity index (χ3n) is 2.32. The van der Waals surface area contributed by atoms with Gasteiger partial charge >= 0.3 is 58.4 Å².